The number of nitrogens with zero attached hydrogens (tertiary/aromatic N) is 3. The maximum absolute atomic E-state index is 12.7. The Balaban J connectivity index is 1.55. The summed E-state index contributed by atoms with van der Waals surface area (Å²) >= 11 is 0. The van der Waals surface area contributed by atoms with Crippen molar-refractivity contribution in [2.75, 3.05) is 26.0 Å². The summed E-state index contributed by atoms with van der Waals surface area (Å²) in [4.78, 5) is 30.3. The van der Waals surface area contributed by atoms with Crippen LogP contribution < -0.4 is 10.1 Å². The number of carbonyl (C=O) groups is 2. The fourth-order valence-corrected chi connectivity index (χ4v) is 3.19. The number of pyridine rings is 1. The monoisotopic (exact) mass is 405 g/mol. The normalized spacial score (nSPS) is 18.2. The van der Waals surface area contributed by atoms with E-state index in [4.69, 9.17) is 4.74 Å². The molecule has 1 atom stereocenters. The summed E-state index contributed by atoms with van der Waals surface area (Å²) in [5.41, 5.74) is -0.275. The molecule has 9 nitrogen and oxygen atoms in total. The number of amides is 2. The van der Waals surface area contributed by atoms with E-state index in [0.29, 0.717) is 28.8 Å². The molecule has 0 bridgehead atoms. The Bertz CT molecular complexity index is 1210. The molecular formula is C21H19N5O4. The van der Waals surface area contributed by atoms with Gasteiger partial charge in [0.15, 0.2) is 5.69 Å². The van der Waals surface area contributed by atoms with E-state index < -0.39 is 17.4 Å². The first kappa shape index (κ1) is 19.4. The molecule has 0 aliphatic carbocycles. The molecule has 1 saturated heterocycles. The lowest BCUT2D eigenvalue weighted by Gasteiger charge is -2.13. The summed E-state index contributed by atoms with van der Waals surface area (Å²) in [7, 11) is 3.17. The molecule has 1 fully saturated rings. The number of carbonyl (C=O) groups excluding carboxylic acids is 2. The minimum atomic E-state index is -1.69. The topological polar surface area (TPSA) is 120 Å². The summed E-state index contributed by atoms with van der Waals surface area (Å²) in [6.07, 6.45) is 1.73. The average molecular weight is 405 g/mol. The highest BCUT2D eigenvalue weighted by atomic mass is 16.5. The molecule has 1 aliphatic heterocycles. The van der Waals surface area contributed by atoms with Crippen LogP contribution in [0.3, 0.4) is 0 Å². The van der Waals surface area contributed by atoms with E-state index in [0.717, 1.165) is 0 Å². The minimum absolute atomic E-state index is 0.205. The van der Waals surface area contributed by atoms with Crippen LogP contribution >= 0.6 is 0 Å². The van der Waals surface area contributed by atoms with Gasteiger partial charge in [-0.05, 0) is 30.3 Å². The number of aromatic amines is 1. The van der Waals surface area contributed by atoms with E-state index in [2.05, 4.69) is 32.3 Å². The highest BCUT2D eigenvalue weighted by Crippen LogP contribution is 2.23. The number of hydrogen-bond donors (Lipinski definition) is 3. The van der Waals surface area contributed by atoms with Gasteiger partial charge in [-0.2, -0.15) is 5.10 Å². The van der Waals surface area contributed by atoms with Gasteiger partial charge in [0.05, 0.1) is 12.6 Å². The largest absolute Gasteiger partial charge is 0.497 e. The van der Waals surface area contributed by atoms with Crippen LogP contribution in [-0.2, 0) is 4.79 Å². The number of hydrogen-bond acceptors (Lipinski definition) is 6. The number of likely N-dealkylation sites (tertiary alicyclic amines) is 1. The van der Waals surface area contributed by atoms with Crippen molar-refractivity contribution in [1.29, 1.82) is 0 Å². The number of anilines is 1. The van der Waals surface area contributed by atoms with Crippen molar-refractivity contribution < 1.29 is 19.4 Å². The molecular weight excluding hydrogens is 386 g/mol. The number of fused-ring (bicyclic) bond motifs is 1. The number of benzene rings is 1. The Morgan fingerprint density at radius 1 is 1.37 bits per heavy atom. The molecule has 0 radical (unpaired) electrons. The first-order chi connectivity index (χ1) is 14.4. The molecule has 3 N–H and O–H groups in total. The Morgan fingerprint density at radius 2 is 2.20 bits per heavy atom. The van der Waals surface area contributed by atoms with Crippen molar-refractivity contribution >= 4 is 28.5 Å². The number of methoxy groups -OCH3 is 1. The van der Waals surface area contributed by atoms with E-state index in [1.165, 1.54) is 11.1 Å². The van der Waals surface area contributed by atoms with Crippen LogP contribution in [-0.4, -0.2) is 63.3 Å². The van der Waals surface area contributed by atoms with Gasteiger partial charge >= 0.3 is 0 Å². The van der Waals surface area contributed by atoms with Crippen LogP contribution in [0.25, 0.3) is 10.9 Å². The lowest BCUT2D eigenvalue weighted by Crippen LogP contribution is -2.37. The Morgan fingerprint density at radius 3 is 2.93 bits per heavy atom. The van der Waals surface area contributed by atoms with Crippen LogP contribution in [0.5, 0.6) is 5.75 Å². The van der Waals surface area contributed by atoms with Gasteiger partial charge in [-0.1, -0.05) is 11.8 Å². The molecule has 152 valence electrons. The van der Waals surface area contributed by atoms with Gasteiger partial charge < -0.3 is 20.1 Å². The average Bonchev–Trinajstić information content (AvgIpc) is 3.29. The molecule has 9 heteroatoms. The molecule has 30 heavy (non-hydrogen) atoms. The summed E-state index contributed by atoms with van der Waals surface area (Å²) in [5.74, 6) is 5.45. The molecule has 1 aromatic carbocycles. The number of nitrogens with one attached hydrogen (secondary N) is 2. The number of likely N-dealkylation sites (N-methyl/N-ethyl adjacent to an activating group) is 1. The molecule has 4 rings (SSSR count). The van der Waals surface area contributed by atoms with Crippen LogP contribution in [0.1, 0.15) is 22.5 Å². The van der Waals surface area contributed by atoms with Gasteiger partial charge in [-0.25, -0.2) is 4.98 Å². The van der Waals surface area contributed by atoms with E-state index in [1.54, 1.807) is 44.5 Å². The third-order valence-corrected chi connectivity index (χ3v) is 4.91. The number of H-pyrrole nitrogens is 1. The highest BCUT2D eigenvalue weighted by Gasteiger charge is 2.42. The first-order valence-corrected chi connectivity index (χ1v) is 9.20. The summed E-state index contributed by atoms with van der Waals surface area (Å²) < 4.78 is 5.20. The molecule has 3 heterocycles. The molecule has 0 spiro atoms. The van der Waals surface area contributed by atoms with Gasteiger partial charge in [0.1, 0.15) is 11.6 Å². The highest BCUT2D eigenvalue weighted by molar-refractivity contribution is 6.11. The first-order valence-electron chi connectivity index (χ1n) is 9.20. The zero-order chi connectivity index (χ0) is 21.3. The fraction of sp³-hybridized carbons (Fsp3) is 0.238. The number of rotatable bonds is 3. The quantitative estimate of drug-likeness (QED) is 0.563. The number of aliphatic hydroxyl groups is 1. The van der Waals surface area contributed by atoms with Crippen molar-refractivity contribution in [3.05, 3.63) is 47.8 Å². The maximum atomic E-state index is 12.7. The van der Waals surface area contributed by atoms with E-state index >= 15 is 0 Å². The second kappa shape index (κ2) is 7.50. The zero-order valence-electron chi connectivity index (χ0n) is 16.4. The summed E-state index contributed by atoms with van der Waals surface area (Å²) in [6.45, 7) is 0.448. The molecule has 2 aromatic heterocycles. The van der Waals surface area contributed by atoms with Crippen molar-refractivity contribution in [2.45, 2.75) is 12.0 Å². The van der Waals surface area contributed by atoms with Gasteiger partial charge in [-0.3, -0.25) is 14.7 Å². The second-order valence-electron chi connectivity index (χ2n) is 6.95. The Kier molecular flexibility index (Phi) is 4.85. The second-order valence-corrected chi connectivity index (χ2v) is 6.95. The van der Waals surface area contributed by atoms with E-state index in [9.17, 15) is 14.7 Å². The van der Waals surface area contributed by atoms with Gasteiger partial charge in [0.25, 0.3) is 11.8 Å². The molecule has 0 unspecified atom stereocenters. The standard InChI is InChI=1S/C21H19N5O4/c1-26-10-8-21(29,20(26)28)7-5-13-6-9-22-17(11-13)23-19(27)18-15-12-14(30-2)3-4-16(15)24-25-18/h3-4,6,9,11-12,29H,8,10H2,1-2H3,(H,24,25)(H,22,23,27)/t21-/m0/s1. The molecule has 2 amide bonds. The predicted octanol–water partition coefficient (Wildman–Crippen LogP) is 1.16. The van der Waals surface area contributed by atoms with Crippen LogP contribution in [0.15, 0.2) is 36.5 Å². The van der Waals surface area contributed by atoms with Gasteiger partial charge in [-0.15, -0.1) is 0 Å². The molecule has 3 aromatic rings. The minimum Gasteiger partial charge on any atom is -0.497 e. The summed E-state index contributed by atoms with van der Waals surface area (Å²) in [5, 5.41) is 20.6. The predicted molar refractivity (Wildman–Crippen MR) is 109 cm³/mol. The lowest BCUT2D eigenvalue weighted by atomic mass is 10.0. The van der Waals surface area contributed by atoms with Crippen LogP contribution in [0.4, 0.5) is 5.82 Å². The number of aromatic nitrogens is 3. The zero-order valence-corrected chi connectivity index (χ0v) is 16.4. The molecule has 1 aliphatic rings. The Labute approximate surface area is 172 Å². The lowest BCUT2D eigenvalue weighted by molar-refractivity contribution is -0.137. The van der Waals surface area contributed by atoms with E-state index in [-0.39, 0.29) is 17.9 Å². The third kappa shape index (κ3) is 3.56. The van der Waals surface area contributed by atoms with E-state index in [1.807, 2.05) is 0 Å². The van der Waals surface area contributed by atoms with Gasteiger partial charge in [0.2, 0.25) is 5.60 Å². The van der Waals surface area contributed by atoms with Crippen molar-refractivity contribution in [3.63, 3.8) is 0 Å². The van der Waals surface area contributed by atoms with Crippen molar-refractivity contribution in [2.24, 2.45) is 0 Å². The third-order valence-electron chi connectivity index (χ3n) is 4.91. The Hall–Kier alpha value is -3.90. The fourth-order valence-electron chi connectivity index (χ4n) is 3.19. The van der Waals surface area contributed by atoms with Crippen molar-refractivity contribution in [3.8, 4) is 17.6 Å². The van der Waals surface area contributed by atoms with Gasteiger partial charge in [0, 0.05) is 37.2 Å². The maximum Gasteiger partial charge on any atom is 0.277 e. The smallest absolute Gasteiger partial charge is 0.277 e. The molecule has 0 saturated carbocycles. The number of ether oxygens (including phenoxy) is 1. The van der Waals surface area contributed by atoms with Crippen molar-refractivity contribution in [1.82, 2.24) is 20.1 Å². The SMILES string of the molecule is COc1ccc2[nH]nc(C(=O)Nc3cc(C#C[C@]4(O)CCN(C)C4=O)ccn3)c2c1. The van der Waals surface area contributed by atoms with Crippen LogP contribution in [0, 0.1) is 11.8 Å². The summed E-state index contributed by atoms with van der Waals surface area (Å²) in [6, 6.07) is 8.46. The van der Waals surface area contributed by atoms with Crippen LogP contribution in [0.2, 0.25) is 0 Å².